The molecule has 0 atom stereocenters. The maximum Gasteiger partial charge on any atom is 0.0726 e. The van der Waals surface area contributed by atoms with E-state index < -0.39 is 5.41 Å². The maximum absolute atomic E-state index is 3.80. The maximum atomic E-state index is 3.80. The van der Waals surface area contributed by atoms with E-state index in [1.54, 1.807) is 0 Å². The molecule has 0 saturated heterocycles. The average Bonchev–Trinajstić information content (AvgIpc) is 3.54. The number of nitrogens with one attached hydrogen (secondary N) is 1. The number of fused-ring (bicyclic) bond motifs is 10. The van der Waals surface area contributed by atoms with Crippen molar-refractivity contribution in [2.24, 2.45) is 0 Å². The summed E-state index contributed by atoms with van der Waals surface area (Å²) in [5.74, 6) is 0. The van der Waals surface area contributed by atoms with E-state index in [4.69, 9.17) is 0 Å². The predicted molar refractivity (Wildman–Crippen MR) is 168 cm³/mol. The Hall–Kier alpha value is -5.14. The summed E-state index contributed by atoms with van der Waals surface area (Å²) < 4.78 is 0. The molecule has 8 aromatic rings. The average molecular weight is 508 g/mol. The van der Waals surface area contributed by atoms with E-state index in [2.05, 4.69) is 151 Å². The summed E-state index contributed by atoms with van der Waals surface area (Å²) >= 11 is 0. The van der Waals surface area contributed by atoms with Crippen LogP contribution in [0.4, 0.5) is 0 Å². The highest BCUT2D eigenvalue weighted by Crippen LogP contribution is 2.60. The SMILES string of the molecule is c1ccc(C2(c3ccccc3)c3c(ccc4ccccc34)-c3ccc4[nH]c5cc6ccccc6cc5c4c32)cc1. The minimum atomic E-state index is -0.478. The Morgan fingerprint density at radius 3 is 1.70 bits per heavy atom. The van der Waals surface area contributed by atoms with Crippen LogP contribution in [0.2, 0.25) is 0 Å². The Morgan fingerprint density at radius 1 is 0.400 bits per heavy atom. The standard InChI is InChI=1S/C39H25N/c1-3-14-28(15-4-1)39(29-16-5-2-6-17-29)37-30-18-10-9-11-25(30)19-20-31(37)32-21-22-34-36(38(32)39)33-23-26-12-7-8-13-27(26)24-35(33)40-34/h1-24,40H. The van der Waals surface area contributed by atoms with Gasteiger partial charge in [0.2, 0.25) is 0 Å². The third-order valence-electron chi connectivity index (χ3n) is 9.01. The zero-order valence-electron chi connectivity index (χ0n) is 21.9. The van der Waals surface area contributed by atoms with Crippen LogP contribution in [0.1, 0.15) is 22.3 Å². The van der Waals surface area contributed by atoms with Crippen LogP contribution in [0.3, 0.4) is 0 Å². The van der Waals surface area contributed by atoms with Crippen LogP contribution in [0, 0.1) is 0 Å². The lowest BCUT2D eigenvalue weighted by atomic mass is 9.66. The van der Waals surface area contributed by atoms with Crippen molar-refractivity contribution in [2.75, 3.05) is 0 Å². The molecule has 0 saturated carbocycles. The highest BCUT2D eigenvalue weighted by Gasteiger charge is 2.48. The van der Waals surface area contributed by atoms with Gasteiger partial charge in [-0.3, -0.25) is 0 Å². The van der Waals surface area contributed by atoms with Crippen molar-refractivity contribution in [3.05, 3.63) is 168 Å². The van der Waals surface area contributed by atoms with Gasteiger partial charge in [-0.05, 0) is 73.1 Å². The summed E-state index contributed by atoms with van der Waals surface area (Å²) in [6.07, 6.45) is 0. The Balaban J connectivity index is 1.57. The highest BCUT2D eigenvalue weighted by molar-refractivity contribution is 6.17. The molecule has 40 heavy (non-hydrogen) atoms. The number of benzene rings is 7. The zero-order valence-corrected chi connectivity index (χ0v) is 21.9. The van der Waals surface area contributed by atoms with Gasteiger partial charge < -0.3 is 4.98 Å². The van der Waals surface area contributed by atoms with Crippen LogP contribution in [0.25, 0.3) is 54.5 Å². The molecule has 1 N–H and O–H groups in total. The van der Waals surface area contributed by atoms with E-state index in [1.807, 2.05) is 0 Å². The first-order chi connectivity index (χ1) is 19.8. The van der Waals surface area contributed by atoms with Gasteiger partial charge >= 0.3 is 0 Å². The minimum absolute atomic E-state index is 0.478. The summed E-state index contributed by atoms with van der Waals surface area (Å²) in [6.45, 7) is 0. The Bertz CT molecular complexity index is 2220. The second-order valence-corrected chi connectivity index (χ2v) is 11.0. The molecular weight excluding hydrogens is 482 g/mol. The monoisotopic (exact) mass is 507 g/mol. The molecule has 0 bridgehead atoms. The second kappa shape index (κ2) is 7.94. The van der Waals surface area contributed by atoms with E-state index >= 15 is 0 Å². The van der Waals surface area contributed by atoms with Crippen LogP contribution in [-0.2, 0) is 5.41 Å². The molecular formula is C39H25N. The van der Waals surface area contributed by atoms with Gasteiger partial charge in [-0.2, -0.15) is 0 Å². The van der Waals surface area contributed by atoms with Crippen molar-refractivity contribution >= 4 is 43.4 Å². The van der Waals surface area contributed by atoms with Crippen molar-refractivity contribution < 1.29 is 0 Å². The van der Waals surface area contributed by atoms with Crippen LogP contribution < -0.4 is 0 Å². The summed E-state index contributed by atoms with van der Waals surface area (Å²) in [5, 5.41) is 7.68. The lowest BCUT2D eigenvalue weighted by Gasteiger charge is -2.35. The molecule has 0 fully saturated rings. The summed E-state index contributed by atoms with van der Waals surface area (Å²) in [5.41, 5.74) is 9.84. The van der Waals surface area contributed by atoms with Gasteiger partial charge in [0.25, 0.3) is 0 Å². The molecule has 1 aliphatic rings. The molecule has 7 aromatic carbocycles. The minimum Gasteiger partial charge on any atom is -0.354 e. The first-order valence-corrected chi connectivity index (χ1v) is 14.0. The van der Waals surface area contributed by atoms with Crippen molar-refractivity contribution in [1.82, 2.24) is 4.98 Å². The lowest BCUT2D eigenvalue weighted by molar-refractivity contribution is 0.783. The summed E-state index contributed by atoms with van der Waals surface area (Å²) in [6, 6.07) is 53.8. The van der Waals surface area contributed by atoms with Gasteiger partial charge in [0.15, 0.2) is 0 Å². The Kier molecular flexibility index (Phi) is 4.32. The van der Waals surface area contributed by atoms with Crippen LogP contribution in [0.15, 0.2) is 146 Å². The van der Waals surface area contributed by atoms with Crippen molar-refractivity contribution in [1.29, 1.82) is 0 Å². The number of aromatic nitrogens is 1. The summed E-state index contributed by atoms with van der Waals surface area (Å²) in [7, 11) is 0. The fourth-order valence-electron chi connectivity index (χ4n) is 7.44. The normalized spacial score (nSPS) is 13.7. The molecule has 0 aliphatic heterocycles. The van der Waals surface area contributed by atoms with Gasteiger partial charge in [0.05, 0.1) is 5.41 Å². The van der Waals surface area contributed by atoms with Crippen LogP contribution in [0.5, 0.6) is 0 Å². The van der Waals surface area contributed by atoms with Crippen LogP contribution in [-0.4, -0.2) is 4.98 Å². The highest BCUT2D eigenvalue weighted by atomic mass is 14.7. The van der Waals surface area contributed by atoms with Gasteiger partial charge in [-0.15, -0.1) is 0 Å². The number of hydrogen-bond acceptors (Lipinski definition) is 0. The quantitative estimate of drug-likeness (QED) is 0.240. The molecule has 186 valence electrons. The fourth-order valence-corrected chi connectivity index (χ4v) is 7.44. The van der Waals surface area contributed by atoms with Gasteiger partial charge in [0.1, 0.15) is 0 Å². The van der Waals surface area contributed by atoms with E-state index in [-0.39, 0.29) is 0 Å². The molecule has 0 radical (unpaired) electrons. The Morgan fingerprint density at radius 2 is 0.975 bits per heavy atom. The molecule has 1 aromatic heterocycles. The van der Waals surface area contributed by atoms with Crippen molar-refractivity contribution in [3.63, 3.8) is 0 Å². The number of rotatable bonds is 2. The molecule has 0 amide bonds. The van der Waals surface area contributed by atoms with E-state index in [0.29, 0.717) is 0 Å². The van der Waals surface area contributed by atoms with Crippen LogP contribution >= 0.6 is 0 Å². The van der Waals surface area contributed by atoms with Crippen molar-refractivity contribution in [3.8, 4) is 11.1 Å². The number of H-pyrrole nitrogens is 1. The fraction of sp³-hybridized carbons (Fsp3) is 0.0256. The van der Waals surface area contributed by atoms with E-state index in [0.717, 1.165) is 0 Å². The molecule has 1 heteroatoms. The second-order valence-electron chi connectivity index (χ2n) is 11.0. The van der Waals surface area contributed by atoms with E-state index in [9.17, 15) is 0 Å². The zero-order chi connectivity index (χ0) is 26.3. The largest absolute Gasteiger partial charge is 0.354 e. The first-order valence-electron chi connectivity index (χ1n) is 14.0. The summed E-state index contributed by atoms with van der Waals surface area (Å²) in [4.78, 5) is 3.80. The topological polar surface area (TPSA) is 15.8 Å². The first kappa shape index (κ1) is 21.8. The van der Waals surface area contributed by atoms with Crippen molar-refractivity contribution in [2.45, 2.75) is 5.41 Å². The van der Waals surface area contributed by atoms with Gasteiger partial charge in [-0.1, -0.05) is 127 Å². The predicted octanol–water partition coefficient (Wildman–Crippen LogP) is 9.99. The molecule has 0 unspecified atom stereocenters. The third kappa shape index (κ3) is 2.71. The lowest BCUT2D eigenvalue weighted by Crippen LogP contribution is -2.29. The smallest absolute Gasteiger partial charge is 0.0726 e. The van der Waals surface area contributed by atoms with E-state index in [1.165, 1.54) is 76.7 Å². The third-order valence-corrected chi connectivity index (χ3v) is 9.01. The molecule has 1 aliphatic carbocycles. The number of aromatic amines is 1. The van der Waals surface area contributed by atoms with Gasteiger partial charge in [0, 0.05) is 21.8 Å². The van der Waals surface area contributed by atoms with Gasteiger partial charge in [-0.25, -0.2) is 0 Å². The molecule has 1 heterocycles. The molecule has 1 nitrogen and oxygen atoms in total. The number of hydrogen-bond donors (Lipinski definition) is 1. The Labute approximate surface area is 232 Å². The molecule has 0 spiro atoms. The molecule has 9 rings (SSSR count).